The highest BCUT2D eigenvalue weighted by atomic mass is 35.5. The molecule has 110 valence electrons. The molecule has 0 spiro atoms. The molecule has 0 radical (unpaired) electrons. The number of nitrogens with one attached hydrogen (secondary N) is 1. The minimum atomic E-state index is 0.310. The van der Waals surface area contributed by atoms with Gasteiger partial charge in [0.1, 0.15) is 4.99 Å². The number of hydrogen-bond acceptors (Lipinski definition) is 2. The van der Waals surface area contributed by atoms with E-state index in [0.717, 1.165) is 11.4 Å². The molecule has 2 nitrogen and oxygen atoms in total. The van der Waals surface area contributed by atoms with E-state index in [4.69, 9.17) is 29.6 Å². The molecule has 0 saturated heterocycles. The van der Waals surface area contributed by atoms with Crippen molar-refractivity contribution in [3.8, 4) is 0 Å². The molecule has 0 fully saturated rings. The monoisotopic (exact) mass is 318 g/mol. The fourth-order valence-electron chi connectivity index (χ4n) is 2.28. The summed E-state index contributed by atoms with van der Waals surface area (Å²) < 4.78 is 0. The SMILES string of the molecule is Cc1cccc(C(C)C)c1Nc1ccc(C(N)=S)c(Cl)c1. The van der Waals surface area contributed by atoms with Gasteiger partial charge in [-0.15, -0.1) is 0 Å². The molecule has 0 heterocycles. The van der Waals surface area contributed by atoms with Crippen LogP contribution < -0.4 is 11.1 Å². The molecule has 2 aromatic rings. The Labute approximate surface area is 136 Å². The second kappa shape index (κ2) is 6.46. The highest BCUT2D eigenvalue weighted by molar-refractivity contribution is 7.80. The Bertz CT molecular complexity index is 680. The van der Waals surface area contributed by atoms with Crippen LogP contribution in [0.2, 0.25) is 5.02 Å². The van der Waals surface area contributed by atoms with Crippen LogP contribution in [0.15, 0.2) is 36.4 Å². The number of halogens is 1. The summed E-state index contributed by atoms with van der Waals surface area (Å²) in [6.45, 7) is 6.46. The fourth-order valence-corrected chi connectivity index (χ4v) is 2.80. The maximum Gasteiger partial charge on any atom is 0.105 e. The molecule has 0 aliphatic heterocycles. The van der Waals surface area contributed by atoms with E-state index >= 15 is 0 Å². The molecular formula is C17H19ClN2S. The summed E-state index contributed by atoms with van der Waals surface area (Å²) in [5.74, 6) is 0.443. The molecule has 0 saturated carbocycles. The summed E-state index contributed by atoms with van der Waals surface area (Å²) in [4.78, 5) is 0.310. The summed E-state index contributed by atoms with van der Waals surface area (Å²) >= 11 is 11.2. The van der Waals surface area contributed by atoms with Crippen LogP contribution in [-0.2, 0) is 0 Å². The van der Waals surface area contributed by atoms with Gasteiger partial charge in [-0.05, 0) is 42.2 Å². The first-order valence-electron chi connectivity index (χ1n) is 6.86. The Kier molecular flexibility index (Phi) is 4.86. The predicted molar refractivity (Wildman–Crippen MR) is 95.9 cm³/mol. The number of anilines is 2. The molecule has 4 heteroatoms. The van der Waals surface area contributed by atoms with E-state index in [2.05, 4.69) is 44.3 Å². The number of hydrogen-bond donors (Lipinski definition) is 2. The van der Waals surface area contributed by atoms with Gasteiger partial charge in [-0.3, -0.25) is 0 Å². The molecule has 0 bridgehead atoms. The molecular weight excluding hydrogens is 300 g/mol. The Hall–Kier alpha value is -1.58. The molecule has 0 aliphatic rings. The van der Waals surface area contributed by atoms with Gasteiger partial charge in [-0.1, -0.05) is 55.9 Å². The summed E-state index contributed by atoms with van der Waals surface area (Å²) in [5, 5.41) is 4.02. The van der Waals surface area contributed by atoms with Crippen LogP contribution in [0.4, 0.5) is 11.4 Å². The highest BCUT2D eigenvalue weighted by Crippen LogP contribution is 2.31. The molecule has 2 aromatic carbocycles. The maximum absolute atomic E-state index is 6.23. The van der Waals surface area contributed by atoms with Crippen molar-refractivity contribution in [2.45, 2.75) is 26.7 Å². The first kappa shape index (κ1) is 15.8. The number of para-hydroxylation sites is 1. The van der Waals surface area contributed by atoms with Crippen LogP contribution in [0.25, 0.3) is 0 Å². The lowest BCUT2D eigenvalue weighted by atomic mass is 9.98. The Morgan fingerprint density at radius 3 is 2.52 bits per heavy atom. The van der Waals surface area contributed by atoms with Crippen molar-refractivity contribution in [1.82, 2.24) is 0 Å². The minimum absolute atomic E-state index is 0.310. The van der Waals surface area contributed by atoms with Crippen LogP contribution in [0.1, 0.15) is 36.5 Å². The van der Waals surface area contributed by atoms with Gasteiger partial charge in [-0.2, -0.15) is 0 Å². The zero-order chi connectivity index (χ0) is 15.6. The van der Waals surface area contributed by atoms with Crippen molar-refractivity contribution in [1.29, 1.82) is 0 Å². The van der Waals surface area contributed by atoms with Gasteiger partial charge in [0.2, 0.25) is 0 Å². The predicted octanol–water partition coefficient (Wildman–Crippen LogP) is 5.15. The molecule has 0 unspecified atom stereocenters. The van der Waals surface area contributed by atoms with E-state index in [-0.39, 0.29) is 0 Å². The van der Waals surface area contributed by atoms with E-state index in [9.17, 15) is 0 Å². The smallest absolute Gasteiger partial charge is 0.105 e. The summed E-state index contributed by atoms with van der Waals surface area (Å²) in [5.41, 5.74) is 10.9. The Balaban J connectivity index is 2.39. The molecule has 0 aromatic heterocycles. The fraction of sp³-hybridized carbons (Fsp3) is 0.235. The quantitative estimate of drug-likeness (QED) is 0.766. The normalized spacial score (nSPS) is 10.7. The lowest BCUT2D eigenvalue weighted by Gasteiger charge is -2.18. The molecule has 0 atom stereocenters. The van der Waals surface area contributed by atoms with Gasteiger partial charge in [0, 0.05) is 16.9 Å². The van der Waals surface area contributed by atoms with Gasteiger partial charge < -0.3 is 11.1 Å². The van der Waals surface area contributed by atoms with Crippen molar-refractivity contribution >= 4 is 40.2 Å². The first-order valence-corrected chi connectivity index (χ1v) is 7.64. The van der Waals surface area contributed by atoms with Gasteiger partial charge >= 0.3 is 0 Å². The average molecular weight is 319 g/mol. The molecule has 0 aliphatic carbocycles. The van der Waals surface area contributed by atoms with E-state index in [1.807, 2.05) is 18.2 Å². The number of aryl methyl sites for hydroxylation is 1. The standard InChI is InChI=1S/C17H19ClN2S/c1-10(2)13-6-4-5-11(3)16(13)20-12-7-8-14(17(19)21)15(18)9-12/h4-10,20H,1-3H3,(H2,19,21). The third-order valence-electron chi connectivity index (χ3n) is 3.43. The zero-order valence-electron chi connectivity index (χ0n) is 12.4. The molecule has 0 amide bonds. The largest absolute Gasteiger partial charge is 0.389 e. The van der Waals surface area contributed by atoms with Gasteiger partial charge in [0.05, 0.1) is 5.02 Å². The van der Waals surface area contributed by atoms with Crippen LogP contribution in [0.3, 0.4) is 0 Å². The van der Waals surface area contributed by atoms with Gasteiger partial charge in [0.15, 0.2) is 0 Å². The summed E-state index contributed by atoms with van der Waals surface area (Å²) in [7, 11) is 0. The summed E-state index contributed by atoms with van der Waals surface area (Å²) in [6, 6.07) is 12.0. The second-order valence-electron chi connectivity index (χ2n) is 5.38. The van der Waals surface area contributed by atoms with Crippen LogP contribution in [-0.4, -0.2) is 4.99 Å². The topological polar surface area (TPSA) is 38.0 Å². The third kappa shape index (κ3) is 3.55. The van der Waals surface area contributed by atoms with Crippen molar-refractivity contribution in [3.05, 3.63) is 58.1 Å². The average Bonchev–Trinajstić information content (AvgIpc) is 2.40. The van der Waals surface area contributed by atoms with Crippen molar-refractivity contribution in [2.75, 3.05) is 5.32 Å². The molecule has 21 heavy (non-hydrogen) atoms. The summed E-state index contributed by atoms with van der Waals surface area (Å²) in [6.07, 6.45) is 0. The lowest BCUT2D eigenvalue weighted by molar-refractivity contribution is 0.867. The van der Waals surface area contributed by atoms with E-state index in [1.54, 1.807) is 0 Å². The van der Waals surface area contributed by atoms with Crippen LogP contribution >= 0.6 is 23.8 Å². The highest BCUT2D eigenvalue weighted by Gasteiger charge is 2.10. The molecule has 2 rings (SSSR count). The van der Waals surface area contributed by atoms with Crippen molar-refractivity contribution < 1.29 is 0 Å². The van der Waals surface area contributed by atoms with Gasteiger partial charge in [-0.25, -0.2) is 0 Å². The van der Waals surface area contributed by atoms with E-state index in [0.29, 0.717) is 21.5 Å². The minimum Gasteiger partial charge on any atom is -0.389 e. The Morgan fingerprint density at radius 2 is 1.95 bits per heavy atom. The van der Waals surface area contributed by atoms with E-state index < -0.39 is 0 Å². The van der Waals surface area contributed by atoms with Crippen LogP contribution in [0, 0.1) is 6.92 Å². The number of benzene rings is 2. The second-order valence-corrected chi connectivity index (χ2v) is 6.22. The molecule has 3 N–H and O–H groups in total. The number of nitrogens with two attached hydrogens (primary N) is 1. The van der Waals surface area contributed by atoms with E-state index in [1.165, 1.54) is 11.1 Å². The van der Waals surface area contributed by atoms with Crippen LogP contribution in [0.5, 0.6) is 0 Å². The van der Waals surface area contributed by atoms with Crippen molar-refractivity contribution in [3.63, 3.8) is 0 Å². The van der Waals surface area contributed by atoms with Crippen molar-refractivity contribution in [2.24, 2.45) is 5.73 Å². The Morgan fingerprint density at radius 1 is 1.24 bits per heavy atom. The van der Waals surface area contributed by atoms with Gasteiger partial charge in [0.25, 0.3) is 0 Å². The number of thiocarbonyl (C=S) groups is 1. The third-order valence-corrected chi connectivity index (χ3v) is 3.96. The lowest BCUT2D eigenvalue weighted by Crippen LogP contribution is -2.10. The zero-order valence-corrected chi connectivity index (χ0v) is 14.0. The number of rotatable bonds is 4. The first-order chi connectivity index (χ1) is 9.90. The maximum atomic E-state index is 6.23.